The predicted molar refractivity (Wildman–Crippen MR) is 83.3 cm³/mol. The Hall–Kier alpha value is -2.76. The molecular weight excluding hydrogens is 296 g/mol. The molecule has 1 aromatic heterocycles. The largest absolute Gasteiger partial charge is 0.469 e. The van der Waals surface area contributed by atoms with Crippen molar-refractivity contribution in [3.05, 3.63) is 48.4 Å². The van der Waals surface area contributed by atoms with Gasteiger partial charge in [0, 0.05) is 23.2 Å². The van der Waals surface area contributed by atoms with Crippen molar-refractivity contribution in [3.63, 3.8) is 0 Å². The van der Waals surface area contributed by atoms with Crippen molar-refractivity contribution in [2.45, 2.75) is 12.3 Å². The minimum absolute atomic E-state index is 0.0208. The zero-order valence-electron chi connectivity index (χ0n) is 12.4. The summed E-state index contributed by atoms with van der Waals surface area (Å²) < 4.78 is 10.3. The number of furan rings is 1. The van der Waals surface area contributed by atoms with E-state index in [9.17, 15) is 9.59 Å². The van der Waals surface area contributed by atoms with Crippen LogP contribution in [-0.4, -0.2) is 25.2 Å². The first-order valence-corrected chi connectivity index (χ1v) is 7.61. The van der Waals surface area contributed by atoms with Crippen molar-refractivity contribution in [1.82, 2.24) is 0 Å². The number of nitrogens with zero attached hydrogens (tertiary/aromatic N) is 1. The van der Waals surface area contributed by atoms with E-state index in [-0.39, 0.29) is 23.8 Å². The van der Waals surface area contributed by atoms with Crippen LogP contribution in [-0.2, 0) is 9.53 Å². The topological polar surface area (TPSA) is 71.8 Å². The molecule has 6 heteroatoms. The number of rotatable bonds is 4. The quantitative estimate of drug-likeness (QED) is 0.942. The molecule has 6 nitrogen and oxygen atoms in total. The first-order chi connectivity index (χ1) is 11.2. The Morgan fingerprint density at radius 2 is 2.17 bits per heavy atom. The van der Waals surface area contributed by atoms with E-state index in [2.05, 4.69) is 5.32 Å². The van der Waals surface area contributed by atoms with Crippen molar-refractivity contribution < 1.29 is 18.7 Å². The Balaban J connectivity index is 1.43. The number of cyclic esters (lactones) is 1. The average Bonchev–Trinajstić information content (AvgIpc) is 2.95. The maximum Gasteiger partial charge on any atom is 0.414 e. The number of hydrogen-bond donors (Lipinski definition) is 1. The zero-order valence-corrected chi connectivity index (χ0v) is 12.4. The molecule has 2 atom stereocenters. The van der Waals surface area contributed by atoms with E-state index < -0.39 is 0 Å². The third-order valence-electron chi connectivity index (χ3n) is 4.22. The van der Waals surface area contributed by atoms with E-state index in [4.69, 9.17) is 9.15 Å². The third-order valence-corrected chi connectivity index (χ3v) is 4.22. The van der Waals surface area contributed by atoms with Gasteiger partial charge in [0.15, 0.2) is 0 Å². The normalized spacial score (nSPS) is 22.8. The molecule has 4 rings (SSSR count). The minimum Gasteiger partial charge on any atom is -0.469 e. The lowest BCUT2D eigenvalue weighted by atomic mass is 10.2. The molecule has 2 aromatic rings. The first kappa shape index (κ1) is 13.9. The smallest absolute Gasteiger partial charge is 0.414 e. The van der Waals surface area contributed by atoms with E-state index in [0.29, 0.717) is 18.8 Å². The van der Waals surface area contributed by atoms with Gasteiger partial charge in [-0.15, -0.1) is 0 Å². The molecule has 2 heterocycles. The third kappa shape index (κ3) is 2.67. The van der Waals surface area contributed by atoms with Crippen LogP contribution >= 0.6 is 0 Å². The first-order valence-electron chi connectivity index (χ1n) is 7.61. The maximum absolute atomic E-state index is 12.3. The van der Waals surface area contributed by atoms with E-state index in [1.807, 2.05) is 30.3 Å². The number of ether oxygens (including phenoxy) is 1. The molecular formula is C17H16N2O4. The number of benzene rings is 1. The van der Waals surface area contributed by atoms with Gasteiger partial charge in [-0.2, -0.15) is 0 Å². The highest BCUT2D eigenvalue weighted by molar-refractivity contribution is 5.96. The summed E-state index contributed by atoms with van der Waals surface area (Å²) >= 11 is 0. The maximum atomic E-state index is 12.3. The minimum atomic E-state index is -0.353. The second-order valence-corrected chi connectivity index (χ2v) is 5.77. The highest BCUT2D eigenvalue weighted by atomic mass is 16.6. The van der Waals surface area contributed by atoms with Crippen molar-refractivity contribution in [3.8, 4) is 0 Å². The van der Waals surface area contributed by atoms with E-state index >= 15 is 0 Å². The van der Waals surface area contributed by atoms with Crippen LogP contribution in [0.4, 0.5) is 16.2 Å². The monoisotopic (exact) mass is 312 g/mol. The molecule has 1 aromatic carbocycles. The van der Waals surface area contributed by atoms with Gasteiger partial charge in [-0.3, -0.25) is 9.69 Å². The van der Waals surface area contributed by atoms with Crippen molar-refractivity contribution in [2.24, 2.45) is 5.92 Å². The molecule has 0 unspecified atom stereocenters. The van der Waals surface area contributed by atoms with Gasteiger partial charge < -0.3 is 14.5 Å². The number of carbonyl (C=O) groups is 2. The zero-order chi connectivity index (χ0) is 15.8. The van der Waals surface area contributed by atoms with Crippen LogP contribution in [0.2, 0.25) is 0 Å². The summed E-state index contributed by atoms with van der Waals surface area (Å²) in [5, 5.41) is 2.92. The van der Waals surface area contributed by atoms with Gasteiger partial charge >= 0.3 is 6.09 Å². The van der Waals surface area contributed by atoms with Gasteiger partial charge in [0.1, 0.15) is 12.4 Å². The Kier molecular flexibility index (Phi) is 3.29. The summed E-state index contributed by atoms with van der Waals surface area (Å²) in [5.41, 5.74) is 1.40. The van der Waals surface area contributed by atoms with Gasteiger partial charge in [0.2, 0.25) is 5.91 Å². The molecule has 1 N–H and O–H groups in total. The van der Waals surface area contributed by atoms with Gasteiger partial charge in [-0.05, 0) is 36.8 Å². The van der Waals surface area contributed by atoms with Gasteiger partial charge in [-0.25, -0.2) is 4.79 Å². The molecule has 1 aliphatic carbocycles. The lowest BCUT2D eigenvalue weighted by molar-refractivity contribution is -0.117. The van der Waals surface area contributed by atoms with Crippen LogP contribution in [0.25, 0.3) is 0 Å². The predicted octanol–water partition coefficient (Wildman–Crippen LogP) is 2.98. The standard InChI is InChI=1S/C17H16N2O4/c20-16(14-10-13(14)15-5-2-7-22-15)18-11-3-1-4-12(9-11)19-6-8-23-17(19)21/h1-5,7,9,13-14H,6,8,10H2,(H,18,20)/t13-,14-/m0/s1. The van der Waals surface area contributed by atoms with Gasteiger partial charge in [0.25, 0.3) is 0 Å². The van der Waals surface area contributed by atoms with E-state index in [1.54, 1.807) is 17.2 Å². The van der Waals surface area contributed by atoms with Crippen LogP contribution in [0.1, 0.15) is 18.1 Å². The molecule has 23 heavy (non-hydrogen) atoms. The number of amides is 2. The van der Waals surface area contributed by atoms with Crippen LogP contribution in [0.5, 0.6) is 0 Å². The molecule has 0 spiro atoms. The number of carbonyl (C=O) groups excluding carboxylic acids is 2. The average molecular weight is 312 g/mol. The summed E-state index contributed by atoms with van der Waals surface area (Å²) in [6.07, 6.45) is 2.08. The Morgan fingerprint density at radius 3 is 2.91 bits per heavy atom. The highest BCUT2D eigenvalue weighted by Gasteiger charge is 2.45. The molecule has 2 aliphatic rings. The summed E-state index contributed by atoms with van der Waals surface area (Å²) in [6.45, 7) is 0.918. The molecule has 2 fully saturated rings. The Labute approximate surface area is 133 Å². The van der Waals surface area contributed by atoms with Crippen LogP contribution in [0.3, 0.4) is 0 Å². The Morgan fingerprint density at radius 1 is 1.26 bits per heavy atom. The number of hydrogen-bond acceptors (Lipinski definition) is 4. The summed E-state index contributed by atoms with van der Waals surface area (Å²) in [6, 6.07) is 11.0. The van der Waals surface area contributed by atoms with Crippen molar-refractivity contribution in [1.29, 1.82) is 0 Å². The van der Waals surface area contributed by atoms with E-state index in [0.717, 1.165) is 17.9 Å². The SMILES string of the molecule is O=C(Nc1cccc(N2CCOC2=O)c1)[C@H]1C[C@@H]1c1ccco1. The van der Waals surface area contributed by atoms with Gasteiger partial charge in [-0.1, -0.05) is 6.07 Å². The fraction of sp³-hybridized carbons (Fsp3) is 0.294. The molecule has 0 bridgehead atoms. The van der Waals surface area contributed by atoms with Crippen LogP contribution in [0, 0.1) is 5.92 Å². The van der Waals surface area contributed by atoms with Crippen molar-refractivity contribution >= 4 is 23.4 Å². The molecule has 1 saturated carbocycles. The lowest BCUT2D eigenvalue weighted by Gasteiger charge is -2.14. The Bertz CT molecular complexity index is 741. The van der Waals surface area contributed by atoms with E-state index in [1.165, 1.54) is 0 Å². The highest BCUT2D eigenvalue weighted by Crippen LogP contribution is 2.48. The molecule has 1 aliphatic heterocycles. The fourth-order valence-corrected chi connectivity index (χ4v) is 2.92. The number of anilines is 2. The molecule has 118 valence electrons. The van der Waals surface area contributed by atoms with Crippen LogP contribution < -0.4 is 10.2 Å². The number of nitrogens with one attached hydrogen (secondary N) is 1. The second-order valence-electron chi connectivity index (χ2n) is 5.77. The molecule has 0 radical (unpaired) electrons. The second kappa shape index (κ2) is 5.46. The van der Waals surface area contributed by atoms with Crippen molar-refractivity contribution in [2.75, 3.05) is 23.4 Å². The summed E-state index contributed by atoms with van der Waals surface area (Å²) in [7, 11) is 0. The van der Waals surface area contributed by atoms with Crippen LogP contribution in [0.15, 0.2) is 47.1 Å². The fourth-order valence-electron chi connectivity index (χ4n) is 2.92. The van der Waals surface area contributed by atoms with Gasteiger partial charge in [0.05, 0.1) is 12.8 Å². The lowest BCUT2D eigenvalue weighted by Crippen LogP contribution is -2.23. The molecule has 1 saturated heterocycles. The molecule has 2 amide bonds. The summed E-state index contributed by atoms with van der Waals surface area (Å²) in [5.74, 6) is 0.953. The summed E-state index contributed by atoms with van der Waals surface area (Å²) in [4.78, 5) is 25.5.